The summed E-state index contributed by atoms with van der Waals surface area (Å²) in [5.41, 5.74) is 2.95. The van der Waals surface area contributed by atoms with Crippen molar-refractivity contribution in [3.8, 4) is 5.75 Å². The number of benzene rings is 1. The number of alkyl halides is 3. The molecule has 200 valence electrons. The number of rotatable bonds is 7. The molecular weight excluding hydrogens is 483 g/mol. The Balaban J connectivity index is 1.66. The lowest BCUT2D eigenvalue weighted by atomic mass is 9.85. The van der Waals surface area contributed by atoms with Crippen molar-refractivity contribution in [2.24, 2.45) is 5.92 Å². The van der Waals surface area contributed by atoms with Crippen LogP contribution >= 0.6 is 0 Å². The Hall–Kier alpha value is -3.07. The van der Waals surface area contributed by atoms with Crippen molar-refractivity contribution in [3.63, 3.8) is 0 Å². The smallest absolute Gasteiger partial charge is 0.404 e. The molecule has 3 unspecified atom stereocenters. The molecule has 3 aromatic rings. The zero-order valence-electron chi connectivity index (χ0n) is 21.9. The molecule has 1 aliphatic heterocycles. The van der Waals surface area contributed by atoms with Crippen LogP contribution in [0.1, 0.15) is 59.5 Å². The fourth-order valence-corrected chi connectivity index (χ4v) is 5.88. The number of ether oxygens (including phenoxy) is 1. The second-order valence-corrected chi connectivity index (χ2v) is 10.2. The molecule has 37 heavy (non-hydrogen) atoms. The topological polar surface area (TPSA) is 67.3 Å². The standard InChI is InChI=1S/C28H34F3N3O3/c1-16-14-24(37-5)21(27(36)32-16)10-11-23(35)26-18(3)34(22-9-7-6-8-20(22)26)17(2)19-12-13-33(4)25(15-19)28(29,30)31/h6-9,14,17,19,25H,10-13,15H2,1-5H3,(H,32,36). The molecule has 1 aromatic carbocycles. The van der Waals surface area contributed by atoms with Gasteiger partial charge in [-0.2, -0.15) is 13.2 Å². The number of hydrogen-bond acceptors (Lipinski definition) is 4. The molecule has 0 amide bonds. The van der Waals surface area contributed by atoms with Gasteiger partial charge in [0.1, 0.15) is 11.8 Å². The first-order valence-corrected chi connectivity index (χ1v) is 12.6. The molecule has 4 rings (SSSR count). The van der Waals surface area contributed by atoms with Gasteiger partial charge >= 0.3 is 6.18 Å². The highest BCUT2D eigenvalue weighted by Crippen LogP contribution is 2.40. The number of nitrogens with one attached hydrogen (secondary N) is 1. The van der Waals surface area contributed by atoms with Crippen LogP contribution in [0, 0.1) is 19.8 Å². The summed E-state index contributed by atoms with van der Waals surface area (Å²) in [6.45, 7) is 5.95. The van der Waals surface area contributed by atoms with E-state index in [-0.39, 0.29) is 42.6 Å². The molecule has 3 heterocycles. The summed E-state index contributed by atoms with van der Waals surface area (Å²) >= 11 is 0. The Kier molecular flexibility index (Phi) is 7.55. The predicted octanol–water partition coefficient (Wildman–Crippen LogP) is 5.60. The fraction of sp³-hybridized carbons (Fsp3) is 0.500. The van der Waals surface area contributed by atoms with Crippen LogP contribution < -0.4 is 10.3 Å². The highest BCUT2D eigenvalue weighted by atomic mass is 19.4. The number of Topliss-reactive ketones (excluding diaryl/α,β-unsaturated/α-hetero) is 1. The van der Waals surface area contributed by atoms with Crippen LogP contribution in [0.15, 0.2) is 35.1 Å². The number of nitrogens with zero attached hydrogens (tertiary/aromatic N) is 2. The molecular formula is C28H34F3N3O3. The number of aromatic amines is 1. The quantitative estimate of drug-likeness (QED) is 0.414. The van der Waals surface area contributed by atoms with E-state index in [1.54, 1.807) is 13.0 Å². The Labute approximate surface area is 214 Å². The molecule has 1 aliphatic rings. The van der Waals surface area contributed by atoms with Gasteiger partial charge in [-0.25, -0.2) is 0 Å². The number of hydrogen-bond donors (Lipinski definition) is 1. The van der Waals surface area contributed by atoms with Gasteiger partial charge < -0.3 is 14.3 Å². The van der Waals surface area contributed by atoms with Crippen molar-refractivity contribution in [3.05, 3.63) is 63.2 Å². The van der Waals surface area contributed by atoms with Crippen molar-refractivity contribution in [1.82, 2.24) is 14.5 Å². The molecule has 0 aliphatic carbocycles. The third-order valence-corrected chi connectivity index (χ3v) is 7.86. The van der Waals surface area contributed by atoms with Crippen LogP contribution in [-0.4, -0.2) is 53.2 Å². The van der Waals surface area contributed by atoms with Gasteiger partial charge in [0.15, 0.2) is 5.78 Å². The molecule has 0 bridgehead atoms. The maximum Gasteiger partial charge on any atom is 0.404 e. The average Bonchev–Trinajstić information content (AvgIpc) is 3.13. The molecule has 3 atom stereocenters. The number of methoxy groups -OCH3 is 1. The van der Waals surface area contributed by atoms with E-state index in [0.717, 1.165) is 16.6 Å². The number of aryl methyl sites for hydroxylation is 1. The van der Waals surface area contributed by atoms with Gasteiger partial charge in [-0.05, 0) is 71.7 Å². The monoisotopic (exact) mass is 517 g/mol. The van der Waals surface area contributed by atoms with Gasteiger partial charge in [0.2, 0.25) is 0 Å². The number of halogens is 3. The van der Waals surface area contributed by atoms with Gasteiger partial charge in [-0.3, -0.25) is 14.5 Å². The Morgan fingerprint density at radius 3 is 2.62 bits per heavy atom. The summed E-state index contributed by atoms with van der Waals surface area (Å²) in [5, 5.41) is 0.780. The Morgan fingerprint density at radius 1 is 1.24 bits per heavy atom. The maximum absolute atomic E-state index is 13.7. The summed E-state index contributed by atoms with van der Waals surface area (Å²) in [6.07, 6.45) is -3.29. The summed E-state index contributed by atoms with van der Waals surface area (Å²) < 4.78 is 48.4. The zero-order valence-corrected chi connectivity index (χ0v) is 21.9. The number of likely N-dealkylation sites (tertiary alicyclic amines) is 1. The van der Waals surface area contributed by atoms with E-state index in [1.807, 2.05) is 42.7 Å². The number of piperidine rings is 1. The van der Waals surface area contributed by atoms with Crippen LogP contribution in [0.4, 0.5) is 13.2 Å². The molecule has 0 radical (unpaired) electrons. The highest BCUT2D eigenvalue weighted by molar-refractivity contribution is 6.09. The third kappa shape index (κ3) is 5.19. The summed E-state index contributed by atoms with van der Waals surface area (Å²) in [4.78, 5) is 30.2. The Bertz CT molecular complexity index is 1360. The molecule has 1 N–H and O–H groups in total. The van der Waals surface area contributed by atoms with E-state index in [2.05, 4.69) is 4.98 Å². The first-order valence-electron chi connectivity index (χ1n) is 12.6. The number of pyridine rings is 1. The predicted molar refractivity (Wildman–Crippen MR) is 138 cm³/mol. The van der Waals surface area contributed by atoms with Crippen LogP contribution in [0.2, 0.25) is 0 Å². The zero-order chi connectivity index (χ0) is 27.1. The number of fused-ring (bicyclic) bond motifs is 1. The van der Waals surface area contributed by atoms with E-state index >= 15 is 0 Å². The van der Waals surface area contributed by atoms with E-state index in [9.17, 15) is 22.8 Å². The molecule has 0 saturated carbocycles. The molecule has 1 saturated heterocycles. The number of aromatic nitrogens is 2. The van der Waals surface area contributed by atoms with Crippen LogP contribution in [-0.2, 0) is 6.42 Å². The Morgan fingerprint density at radius 2 is 1.95 bits per heavy atom. The average molecular weight is 518 g/mol. The lowest BCUT2D eigenvalue weighted by Crippen LogP contribution is -2.49. The van der Waals surface area contributed by atoms with Crippen molar-refractivity contribution in [1.29, 1.82) is 0 Å². The van der Waals surface area contributed by atoms with Crippen LogP contribution in [0.3, 0.4) is 0 Å². The van der Waals surface area contributed by atoms with Crippen LogP contribution in [0.5, 0.6) is 5.75 Å². The van der Waals surface area contributed by atoms with E-state index in [1.165, 1.54) is 19.1 Å². The van der Waals surface area contributed by atoms with E-state index in [0.29, 0.717) is 35.5 Å². The van der Waals surface area contributed by atoms with E-state index in [4.69, 9.17) is 4.74 Å². The first-order chi connectivity index (χ1) is 17.4. The number of H-pyrrole nitrogens is 1. The van der Waals surface area contributed by atoms with Crippen LogP contribution in [0.25, 0.3) is 10.9 Å². The second-order valence-electron chi connectivity index (χ2n) is 10.2. The minimum atomic E-state index is -4.28. The minimum absolute atomic E-state index is 0.0202. The lowest BCUT2D eigenvalue weighted by molar-refractivity contribution is -0.192. The normalized spacial score (nSPS) is 19.8. The van der Waals surface area contributed by atoms with Gasteiger partial charge in [-0.1, -0.05) is 18.2 Å². The van der Waals surface area contributed by atoms with Gasteiger partial charge in [0.25, 0.3) is 5.56 Å². The van der Waals surface area contributed by atoms with Crippen molar-refractivity contribution in [2.75, 3.05) is 20.7 Å². The van der Waals surface area contributed by atoms with Crippen molar-refractivity contribution >= 4 is 16.7 Å². The lowest BCUT2D eigenvalue weighted by Gasteiger charge is -2.40. The molecule has 2 aromatic heterocycles. The summed E-state index contributed by atoms with van der Waals surface area (Å²) in [5.74, 6) is 0.150. The number of carbonyl (C=O) groups excluding carboxylic acids is 1. The molecule has 9 heteroatoms. The maximum atomic E-state index is 13.7. The SMILES string of the molecule is COc1cc(C)[nH]c(=O)c1CCC(=O)c1c(C)n(C(C)C2CCN(C)C(C(F)(F)F)C2)c2ccccc12. The van der Waals surface area contributed by atoms with Gasteiger partial charge in [0, 0.05) is 40.3 Å². The van der Waals surface area contributed by atoms with E-state index < -0.39 is 12.2 Å². The van der Waals surface area contributed by atoms with Gasteiger partial charge in [0.05, 0.1) is 12.7 Å². The molecule has 6 nitrogen and oxygen atoms in total. The summed E-state index contributed by atoms with van der Waals surface area (Å²) in [7, 11) is 3.02. The largest absolute Gasteiger partial charge is 0.496 e. The number of carbonyl (C=O) groups is 1. The molecule has 0 spiro atoms. The number of para-hydroxylation sites is 1. The second kappa shape index (κ2) is 10.4. The van der Waals surface area contributed by atoms with Crippen molar-refractivity contribution < 1.29 is 22.7 Å². The first kappa shape index (κ1) is 27.0. The number of ketones is 1. The fourth-order valence-electron chi connectivity index (χ4n) is 5.88. The highest BCUT2D eigenvalue weighted by Gasteiger charge is 2.46. The van der Waals surface area contributed by atoms with Gasteiger partial charge in [-0.15, -0.1) is 0 Å². The minimum Gasteiger partial charge on any atom is -0.496 e. The van der Waals surface area contributed by atoms with Crippen molar-refractivity contribution in [2.45, 2.75) is 64.7 Å². The summed E-state index contributed by atoms with van der Waals surface area (Å²) in [6, 6.07) is 7.57. The third-order valence-electron chi connectivity index (χ3n) is 7.86. The molecule has 1 fully saturated rings.